The second-order valence-electron chi connectivity index (χ2n) is 8.30. The Hall–Kier alpha value is -2.08. The molecular weight excluding hydrogens is 421 g/mol. The Bertz CT molecular complexity index is 930. The van der Waals surface area contributed by atoms with Gasteiger partial charge in [-0.05, 0) is 60.6 Å². The zero-order valence-electron chi connectivity index (χ0n) is 16.6. The van der Waals surface area contributed by atoms with Gasteiger partial charge in [-0.1, -0.05) is 47.5 Å². The van der Waals surface area contributed by atoms with Crippen molar-refractivity contribution in [1.82, 2.24) is 10.3 Å². The van der Waals surface area contributed by atoms with Gasteiger partial charge in [-0.25, -0.2) is 5.84 Å². The molecule has 4 rings (SSSR count). The molecule has 1 unspecified atom stereocenters. The van der Waals surface area contributed by atoms with E-state index in [0.29, 0.717) is 28.9 Å². The monoisotopic (exact) mass is 445 g/mol. The van der Waals surface area contributed by atoms with Crippen LogP contribution in [0, 0.1) is 11.8 Å². The minimum Gasteiger partial charge on any atom is -0.335 e. The van der Waals surface area contributed by atoms with Gasteiger partial charge >= 0.3 is 0 Å². The number of hydrogen-bond donors (Lipinski definition) is 2. The highest BCUT2D eigenvalue weighted by molar-refractivity contribution is 6.30. The highest BCUT2D eigenvalue weighted by Crippen LogP contribution is 2.48. The van der Waals surface area contributed by atoms with Crippen LogP contribution in [-0.2, 0) is 9.59 Å². The first-order valence-corrected chi connectivity index (χ1v) is 11.0. The molecule has 2 aromatic carbocycles. The van der Waals surface area contributed by atoms with Crippen LogP contribution in [0.4, 0.5) is 0 Å². The molecule has 1 aliphatic carbocycles. The lowest BCUT2D eigenvalue weighted by molar-refractivity contribution is -0.146. The van der Waals surface area contributed by atoms with Crippen molar-refractivity contribution < 1.29 is 9.59 Å². The van der Waals surface area contributed by atoms with Crippen LogP contribution >= 0.6 is 23.2 Å². The summed E-state index contributed by atoms with van der Waals surface area (Å²) in [7, 11) is 0. The summed E-state index contributed by atoms with van der Waals surface area (Å²) in [5.41, 5.74) is 4.27. The number of carbonyl (C=O) groups excluding carboxylic acids is 2. The van der Waals surface area contributed by atoms with E-state index in [0.717, 1.165) is 24.0 Å². The highest BCUT2D eigenvalue weighted by Gasteiger charge is 2.45. The molecular formula is C23H25Cl2N3O2. The first-order chi connectivity index (χ1) is 14.5. The summed E-state index contributed by atoms with van der Waals surface area (Å²) in [6, 6.07) is 15.3. The third-order valence-electron chi connectivity index (χ3n) is 6.12. The van der Waals surface area contributed by atoms with Crippen LogP contribution in [0.25, 0.3) is 0 Å². The molecule has 1 aliphatic heterocycles. The van der Waals surface area contributed by atoms with Gasteiger partial charge in [0.05, 0.1) is 6.04 Å². The molecule has 158 valence electrons. The number of nitrogens with one attached hydrogen (secondary N) is 1. The summed E-state index contributed by atoms with van der Waals surface area (Å²) < 4.78 is 0. The summed E-state index contributed by atoms with van der Waals surface area (Å²) >= 11 is 12.4. The Morgan fingerprint density at radius 3 is 2.43 bits per heavy atom. The maximum absolute atomic E-state index is 13.5. The molecule has 2 aliphatic rings. The quantitative estimate of drug-likeness (QED) is 0.391. The van der Waals surface area contributed by atoms with Crippen LogP contribution in [0.15, 0.2) is 48.5 Å². The van der Waals surface area contributed by atoms with Crippen LogP contribution in [0.1, 0.15) is 48.8 Å². The van der Waals surface area contributed by atoms with Crippen LogP contribution in [-0.4, -0.2) is 23.3 Å². The number of amides is 2. The molecule has 0 aromatic heterocycles. The van der Waals surface area contributed by atoms with E-state index in [1.807, 2.05) is 53.4 Å². The lowest BCUT2D eigenvalue weighted by Crippen LogP contribution is -2.49. The predicted octanol–water partition coefficient (Wildman–Crippen LogP) is 4.46. The summed E-state index contributed by atoms with van der Waals surface area (Å²) in [4.78, 5) is 27.5. The number of benzene rings is 2. The van der Waals surface area contributed by atoms with Crippen molar-refractivity contribution in [2.24, 2.45) is 17.7 Å². The molecule has 0 bridgehead atoms. The van der Waals surface area contributed by atoms with E-state index < -0.39 is 5.92 Å². The molecule has 1 saturated carbocycles. The zero-order chi connectivity index (χ0) is 21.3. The number of nitrogens with two attached hydrogens (primary N) is 1. The van der Waals surface area contributed by atoms with E-state index in [1.165, 1.54) is 0 Å². The molecule has 1 saturated heterocycles. The zero-order valence-corrected chi connectivity index (χ0v) is 18.1. The summed E-state index contributed by atoms with van der Waals surface area (Å²) in [6.45, 7) is 0.698. The van der Waals surface area contributed by atoms with E-state index >= 15 is 0 Å². The number of halogens is 2. The summed E-state index contributed by atoms with van der Waals surface area (Å²) in [5, 5.41) is 1.32. The number of hydrazine groups is 1. The average Bonchev–Trinajstić information content (AvgIpc) is 3.55. The van der Waals surface area contributed by atoms with E-state index in [2.05, 4.69) is 5.43 Å². The van der Waals surface area contributed by atoms with Gasteiger partial charge in [0.25, 0.3) is 0 Å². The maximum Gasteiger partial charge on any atom is 0.234 e. The lowest BCUT2D eigenvalue weighted by atomic mass is 9.74. The Balaban J connectivity index is 1.77. The minimum atomic E-state index is -0.417. The fraction of sp³-hybridized carbons (Fsp3) is 0.391. The van der Waals surface area contributed by atoms with E-state index in [9.17, 15) is 9.59 Å². The van der Waals surface area contributed by atoms with Crippen LogP contribution in [0.2, 0.25) is 10.0 Å². The third-order valence-corrected chi connectivity index (χ3v) is 6.61. The van der Waals surface area contributed by atoms with E-state index in [4.69, 9.17) is 29.0 Å². The standard InChI is InChI=1S/C23H25Cl2N3O2/c24-18-8-6-15(7-9-18)22-20(16-2-1-3-19(25)10-16)11-17(12-21(29)27-26)23(30)28(22)13-14-4-5-14/h1-3,6-10,14,17,20,22H,4-5,11-13,26H2,(H,27,29)/t17-,20?,22-/m1/s1. The third kappa shape index (κ3) is 4.64. The highest BCUT2D eigenvalue weighted by atomic mass is 35.5. The molecule has 0 radical (unpaired) electrons. The summed E-state index contributed by atoms with van der Waals surface area (Å²) in [5.74, 6) is 5.11. The Labute approximate surface area is 186 Å². The molecule has 30 heavy (non-hydrogen) atoms. The second kappa shape index (κ2) is 8.96. The largest absolute Gasteiger partial charge is 0.335 e. The first-order valence-electron chi connectivity index (χ1n) is 10.3. The summed E-state index contributed by atoms with van der Waals surface area (Å²) in [6.07, 6.45) is 2.90. The number of likely N-dealkylation sites (tertiary alicyclic amines) is 1. The van der Waals surface area contributed by atoms with Gasteiger partial charge in [-0.15, -0.1) is 0 Å². The average molecular weight is 446 g/mol. The molecule has 5 nitrogen and oxygen atoms in total. The lowest BCUT2D eigenvalue weighted by Gasteiger charge is -2.45. The number of piperidine rings is 1. The van der Waals surface area contributed by atoms with Crippen molar-refractivity contribution in [3.05, 3.63) is 69.7 Å². The van der Waals surface area contributed by atoms with Crippen LogP contribution < -0.4 is 11.3 Å². The van der Waals surface area contributed by atoms with Crippen LogP contribution in [0.3, 0.4) is 0 Å². The van der Waals surface area contributed by atoms with Crippen molar-refractivity contribution in [1.29, 1.82) is 0 Å². The van der Waals surface area contributed by atoms with Crippen molar-refractivity contribution in [2.45, 2.75) is 37.6 Å². The number of nitrogens with zero attached hydrogens (tertiary/aromatic N) is 1. The molecule has 1 heterocycles. The van der Waals surface area contributed by atoms with Crippen molar-refractivity contribution >= 4 is 35.0 Å². The maximum atomic E-state index is 13.5. The van der Waals surface area contributed by atoms with Gasteiger partial charge in [0.15, 0.2) is 0 Å². The molecule has 3 atom stereocenters. The van der Waals surface area contributed by atoms with Crippen LogP contribution in [0.5, 0.6) is 0 Å². The fourth-order valence-corrected chi connectivity index (χ4v) is 4.81. The normalized spacial score (nSPS) is 24.0. The Kier molecular flexibility index (Phi) is 6.32. The van der Waals surface area contributed by atoms with Gasteiger partial charge in [0.2, 0.25) is 11.8 Å². The molecule has 2 amide bonds. The van der Waals surface area contributed by atoms with E-state index in [-0.39, 0.29) is 30.2 Å². The second-order valence-corrected chi connectivity index (χ2v) is 9.17. The van der Waals surface area contributed by atoms with Gasteiger partial charge in [0, 0.05) is 34.8 Å². The number of carbonyl (C=O) groups is 2. The van der Waals surface area contributed by atoms with Gasteiger partial charge in [-0.3, -0.25) is 15.0 Å². The topological polar surface area (TPSA) is 75.4 Å². The smallest absolute Gasteiger partial charge is 0.234 e. The molecule has 0 spiro atoms. The minimum absolute atomic E-state index is 0.0110. The predicted molar refractivity (Wildman–Crippen MR) is 118 cm³/mol. The molecule has 2 aromatic rings. The first kappa shape index (κ1) is 21.2. The van der Waals surface area contributed by atoms with Crippen molar-refractivity contribution in [3.8, 4) is 0 Å². The molecule has 2 fully saturated rings. The number of hydrogen-bond acceptors (Lipinski definition) is 3. The number of rotatable bonds is 6. The fourth-order valence-electron chi connectivity index (χ4n) is 4.49. The Morgan fingerprint density at radius 1 is 1.07 bits per heavy atom. The van der Waals surface area contributed by atoms with Gasteiger partial charge < -0.3 is 4.90 Å². The SMILES string of the molecule is NNC(=O)C[C@H]1CC(c2cccc(Cl)c2)[C@@H](c2ccc(Cl)cc2)N(CC2CC2)C1=O. The molecule has 3 N–H and O–H groups in total. The van der Waals surface area contributed by atoms with Crippen molar-refractivity contribution in [3.63, 3.8) is 0 Å². The van der Waals surface area contributed by atoms with Gasteiger partial charge in [0.1, 0.15) is 0 Å². The van der Waals surface area contributed by atoms with E-state index in [1.54, 1.807) is 0 Å². The molecule has 7 heteroatoms. The Morgan fingerprint density at radius 2 is 1.80 bits per heavy atom. The van der Waals surface area contributed by atoms with Gasteiger partial charge in [-0.2, -0.15) is 0 Å². The van der Waals surface area contributed by atoms with Crippen molar-refractivity contribution in [2.75, 3.05) is 6.54 Å².